The quantitative estimate of drug-likeness (QED) is 0.801. The lowest BCUT2D eigenvalue weighted by molar-refractivity contribution is -0.141. The minimum Gasteiger partial charge on any atom is -0.481 e. The molecule has 1 aromatic rings. The predicted molar refractivity (Wildman–Crippen MR) is 92.9 cm³/mol. The molecule has 3 unspecified atom stereocenters. The van der Waals surface area contributed by atoms with E-state index in [9.17, 15) is 9.59 Å². The second-order valence-electron chi connectivity index (χ2n) is 6.80. The highest BCUT2D eigenvalue weighted by molar-refractivity contribution is 5.91. The summed E-state index contributed by atoms with van der Waals surface area (Å²) in [4.78, 5) is 22.9. The maximum atomic E-state index is 12.0. The monoisotopic (exact) mass is 333 g/mol. The number of carboxylic acids is 1. The molecule has 5 heteroatoms. The summed E-state index contributed by atoms with van der Waals surface area (Å²) in [6.07, 6.45) is 5.29. The van der Waals surface area contributed by atoms with E-state index in [1.54, 1.807) is 19.1 Å². The van der Waals surface area contributed by atoms with Crippen LogP contribution in [0.2, 0.25) is 0 Å². The van der Waals surface area contributed by atoms with Gasteiger partial charge >= 0.3 is 5.97 Å². The average Bonchev–Trinajstić information content (AvgIpc) is 2.56. The molecule has 1 aromatic carbocycles. The molecule has 1 amide bonds. The molecule has 2 N–H and O–H groups in total. The predicted octanol–water partition coefficient (Wildman–Crippen LogP) is 3.48. The molecule has 0 radical (unpaired) electrons. The number of hydrogen-bond acceptors (Lipinski definition) is 3. The Kier molecular flexibility index (Phi) is 6.79. The van der Waals surface area contributed by atoms with Gasteiger partial charge in [-0.25, -0.2) is 0 Å². The minimum atomic E-state index is -0.804. The molecule has 132 valence electrons. The molecule has 2 rings (SSSR count). The molecule has 24 heavy (non-hydrogen) atoms. The van der Waals surface area contributed by atoms with Crippen molar-refractivity contribution in [3.05, 3.63) is 29.8 Å². The second kappa shape index (κ2) is 8.83. The number of amides is 1. The van der Waals surface area contributed by atoms with Gasteiger partial charge in [0, 0.05) is 5.69 Å². The Morgan fingerprint density at radius 3 is 2.54 bits per heavy atom. The van der Waals surface area contributed by atoms with Gasteiger partial charge in [-0.2, -0.15) is 0 Å². The molecule has 0 saturated heterocycles. The van der Waals surface area contributed by atoms with Crippen molar-refractivity contribution in [3.63, 3.8) is 0 Å². The normalized spacial score (nSPS) is 21.9. The van der Waals surface area contributed by atoms with Gasteiger partial charge < -0.3 is 15.2 Å². The van der Waals surface area contributed by atoms with Crippen molar-refractivity contribution in [1.29, 1.82) is 0 Å². The molecule has 0 heterocycles. The Bertz CT molecular complexity index is 555. The molecule has 1 fully saturated rings. The number of aliphatic carboxylic acids is 1. The summed E-state index contributed by atoms with van der Waals surface area (Å²) in [5.41, 5.74) is 1.64. The summed E-state index contributed by atoms with van der Waals surface area (Å²) in [5, 5.41) is 11.8. The van der Waals surface area contributed by atoms with E-state index in [0.29, 0.717) is 18.0 Å². The first-order chi connectivity index (χ1) is 11.5. The topological polar surface area (TPSA) is 75.6 Å². The third kappa shape index (κ3) is 5.64. The van der Waals surface area contributed by atoms with Crippen LogP contribution in [-0.4, -0.2) is 29.7 Å². The summed E-state index contributed by atoms with van der Waals surface area (Å²) in [6, 6.07) is 7.29. The number of anilines is 1. The largest absolute Gasteiger partial charge is 0.481 e. The molecule has 3 atom stereocenters. The molecule has 1 aliphatic carbocycles. The van der Waals surface area contributed by atoms with E-state index in [2.05, 4.69) is 12.2 Å². The van der Waals surface area contributed by atoms with Crippen LogP contribution < -0.4 is 5.32 Å². The molecular weight excluding hydrogens is 306 g/mol. The number of carboxylic acid groups (broad SMARTS) is 1. The van der Waals surface area contributed by atoms with Gasteiger partial charge in [0.15, 0.2) is 0 Å². The highest BCUT2D eigenvalue weighted by atomic mass is 16.5. The molecule has 0 aliphatic heterocycles. The molecule has 0 spiro atoms. The average molecular weight is 333 g/mol. The third-order valence-corrected chi connectivity index (χ3v) is 4.66. The van der Waals surface area contributed by atoms with Gasteiger partial charge in [0.2, 0.25) is 5.91 Å². The smallest absolute Gasteiger partial charge is 0.306 e. The summed E-state index contributed by atoms with van der Waals surface area (Å²) in [5.74, 6) is -0.862. The Hall–Kier alpha value is -1.88. The van der Waals surface area contributed by atoms with E-state index in [1.165, 1.54) is 19.3 Å². The van der Waals surface area contributed by atoms with Gasteiger partial charge in [0.05, 0.1) is 12.0 Å². The Morgan fingerprint density at radius 1 is 1.25 bits per heavy atom. The number of rotatable bonds is 7. The van der Waals surface area contributed by atoms with E-state index in [4.69, 9.17) is 9.84 Å². The second-order valence-corrected chi connectivity index (χ2v) is 6.80. The molecule has 1 saturated carbocycles. The standard InChI is InChI=1S/C19H27NO4/c1-13-5-3-4-6-17(13)24-12-18(21)20-16-9-7-15(8-10-16)11-14(2)19(22)23/h7-10,13-14,17H,3-6,11-12H2,1-2H3,(H,20,21)(H,22,23). The number of benzene rings is 1. The lowest BCUT2D eigenvalue weighted by Gasteiger charge is -2.28. The van der Waals surface area contributed by atoms with Gasteiger partial charge in [0.1, 0.15) is 6.61 Å². The minimum absolute atomic E-state index is 0.0762. The first-order valence-corrected chi connectivity index (χ1v) is 8.69. The fourth-order valence-corrected chi connectivity index (χ4v) is 3.07. The van der Waals surface area contributed by atoms with Crippen LogP contribution in [0.1, 0.15) is 45.1 Å². The Morgan fingerprint density at radius 2 is 1.92 bits per heavy atom. The van der Waals surface area contributed by atoms with Crippen LogP contribution in [0.4, 0.5) is 5.69 Å². The lowest BCUT2D eigenvalue weighted by atomic mass is 9.88. The van der Waals surface area contributed by atoms with Crippen molar-refractivity contribution in [2.24, 2.45) is 11.8 Å². The Labute approximate surface area is 143 Å². The highest BCUT2D eigenvalue weighted by Gasteiger charge is 2.22. The molecule has 0 aromatic heterocycles. The van der Waals surface area contributed by atoms with Crippen molar-refractivity contribution in [2.75, 3.05) is 11.9 Å². The van der Waals surface area contributed by atoms with Crippen molar-refractivity contribution < 1.29 is 19.4 Å². The van der Waals surface area contributed by atoms with Crippen LogP contribution in [0.15, 0.2) is 24.3 Å². The summed E-state index contributed by atoms with van der Waals surface area (Å²) in [7, 11) is 0. The van der Waals surface area contributed by atoms with Crippen molar-refractivity contribution in [2.45, 2.75) is 52.1 Å². The van der Waals surface area contributed by atoms with Crippen LogP contribution >= 0.6 is 0 Å². The van der Waals surface area contributed by atoms with Crippen molar-refractivity contribution in [3.8, 4) is 0 Å². The number of ether oxygens (including phenoxy) is 1. The Balaban J connectivity index is 1.78. The van der Waals surface area contributed by atoms with E-state index in [-0.39, 0.29) is 18.6 Å². The fraction of sp³-hybridized carbons (Fsp3) is 0.579. The zero-order valence-corrected chi connectivity index (χ0v) is 14.5. The number of carbonyl (C=O) groups is 2. The van der Waals surface area contributed by atoms with Gasteiger partial charge in [-0.15, -0.1) is 0 Å². The summed E-state index contributed by atoms with van der Waals surface area (Å²) < 4.78 is 5.75. The van der Waals surface area contributed by atoms with Crippen molar-refractivity contribution >= 4 is 17.6 Å². The van der Waals surface area contributed by atoms with Crippen molar-refractivity contribution in [1.82, 2.24) is 0 Å². The van der Waals surface area contributed by atoms with E-state index < -0.39 is 11.9 Å². The van der Waals surface area contributed by atoms with E-state index in [0.717, 1.165) is 12.0 Å². The van der Waals surface area contributed by atoms with Gasteiger partial charge in [-0.05, 0) is 42.9 Å². The molecule has 0 bridgehead atoms. The summed E-state index contributed by atoms with van der Waals surface area (Å²) in [6.45, 7) is 3.94. The molecule has 5 nitrogen and oxygen atoms in total. The number of hydrogen-bond donors (Lipinski definition) is 2. The van der Waals surface area contributed by atoms with Crippen LogP contribution in [0.3, 0.4) is 0 Å². The molecule has 1 aliphatic rings. The third-order valence-electron chi connectivity index (χ3n) is 4.66. The maximum Gasteiger partial charge on any atom is 0.306 e. The van der Waals surface area contributed by atoms with Crippen LogP contribution in [0, 0.1) is 11.8 Å². The molecular formula is C19H27NO4. The highest BCUT2D eigenvalue weighted by Crippen LogP contribution is 2.26. The SMILES string of the molecule is CC(Cc1ccc(NC(=O)COC2CCCCC2C)cc1)C(=O)O. The number of carbonyl (C=O) groups excluding carboxylic acids is 1. The van der Waals surface area contributed by atoms with Gasteiger partial charge in [-0.3, -0.25) is 9.59 Å². The number of nitrogens with one attached hydrogen (secondary N) is 1. The van der Waals surface area contributed by atoms with E-state index >= 15 is 0 Å². The summed E-state index contributed by atoms with van der Waals surface area (Å²) >= 11 is 0. The zero-order valence-electron chi connectivity index (χ0n) is 14.5. The zero-order chi connectivity index (χ0) is 17.5. The fourth-order valence-electron chi connectivity index (χ4n) is 3.07. The first-order valence-electron chi connectivity index (χ1n) is 8.69. The van der Waals surface area contributed by atoms with E-state index in [1.807, 2.05) is 12.1 Å². The van der Waals surface area contributed by atoms with Crippen LogP contribution in [0.5, 0.6) is 0 Å². The van der Waals surface area contributed by atoms with Gasteiger partial charge in [0.25, 0.3) is 0 Å². The van der Waals surface area contributed by atoms with Crippen LogP contribution in [-0.2, 0) is 20.7 Å². The van der Waals surface area contributed by atoms with Gasteiger partial charge in [-0.1, -0.05) is 38.8 Å². The lowest BCUT2D eigenvalue weighted by Crippen LogP contribution is -2.29. The van der Waals surface area contributed by atoms with Crippen LogP contribution in [0.25, 0.3) is 0 Å². The first kappa shape index (κ1) is 18.5. The maximum absolute atomic E-state index is 12.0.